The molecule has 0 fully saturated rings. The van der Waals surface area contributed by atoms with Crippen molar-refractivity contribution in [1.29, 1.82) is 0 Å². The summed E-state index contributed by atoms with van der Waals surface area (Å²) < 4.78 is 20.7. The van der Waals surface area contributed by atoms with Crippen LogP contribution in [0.5, 0.6) is 11.5 Å². The van der Waals surface area contributed by atoms with Crippen molar-refractivity contribution in [3.8, 4) is 22.6 Å². The zero-order valence-electron chi connectivity index (χ0n) is 17.5. The third-order valence-electron chi connectivity index (χ3n) is 4.47. The zero-order valence-corrected chi connectivity index (χ0v) is 17.5. The van der Waals surface area contributed by atoms with E-state index in [-0.39, 0.29) is 30.5 Å². The first-order valence-corrected chi connectivity index (χ1v) is 9.59. The second kappa shape index (κ2) is 9.75. The van der Waals surface area contributed by atoms with Gasteiger partial charge in [-0.1, -0.05) is 36.4 Å². The standard InChI is InChI=1S/C24H22O7/c1-15(25)29-12-13-30-18-10-8-17(9-11-18)23-20-7-5-4-6-19(20)22(31-16(2)26)14-21(23)24(27)28-3/h4-11,14H,12-13H2,1-3H3. The molecule has 0 saturated heterocycles. The summed E-state index contributed by atoms with van der Waals surface area (Å²) in [6.45, 7) is 3.03. The molecular weight excluding hydrogens is 400 g/mol. The van der Waals surface area contributed by atoms with Crippen LogP contribution in [0.1, 0.15) is 24.2 Å². The molecule has 0 aromatic heterocycles. The largest absolute Gasteiger partial charge is 0.490 e. The average molecular weight is 422 g/mol. The Balaban J connectivity index is 2.03. The first-order valence-electron chi connectivity index (χ1n) is 9.59. The molecule has 0 radical (unpaired) electrons. The van der Waals surface area contributed by atoms with Crippen LogP contribution < -0.4 is 9.47 Å². The van der Waals surface area contributed by atoms with Gasteiger partial charge in [0.1, 0.15) is 24.7 Å². The molecule has 0 atom stereocenters. The number of esters is 3. The van der Waals surface area contributed by atoms with Crippen molar-refractivity contribution in [1.82, 2.24) is 0 Å². The summed E-state index contributed by atoms with van der Waals surface area (Å²) in [7, 11) is 1.30. The number of hydrogen-bond acceptors (Lipinski definition) is 7. The number of hydrogen-bond donors (Lipinski definition) is 0. The monoisotopic (exact) mass is 422 g/mol. The van der Waals surface area contributed by atoms with Crippen LogP contribution >= 0.6 is 0 Å². The zero-order chi connectivity index (χ0) is 22.4. The van der Waals surface area contributed by atoms with Gasteiger partial charge in [-0.25, -0.2) is 4.79 Å². The fourth-order valence-corrected chi connectivity index (χ4v) is 3.23. The van der Waals surface area contributed by atoms with Gasteiger partial charge in [0, 0.05) is 24.8 Å². The SMILES string of the molecule is COC(=O)c1cc(OC(C)=O)c2ccccc2c1-c1ccc(OCCOC(C)=O)cc1. The number of fused-ring (bicyclic) bond motifs is 1. The molecule has 3 aromatic carbocycles. The van der Waals surface area contributed by atoms with Gasteiger partial charge < -0.3 is 18.9 Å². The summed E-state index contributed by atoms with van der Waals surface area (Å²) in [5, 5.41) is 1.44. The minimum atomic E-state index is -0.545. The molecular formula is C24H22O7. The molecule has 7 nitrogen and oxygen atoms in total. The van der Waals surface area contributed by atoms with Gasteiger partial charge in [0.25, 0.3) is 0 Å². The first kappa shape index (κ1) is 21.8. The van der Waals surface area contributed by atoms with Gasteiger partial charge in [0.2, 0.25) is 0 Å². The molecule has 0 N–H and O–H groups in total. The molecule has 0 aliphatic carbocycles. The van der Waals surface area contributed by atoms with Gasteiger partial charge in [-0.2, -0.15) is 0 Å². The highest BCUT2D eigenvalue weighted by molar-refractivity contribution is 6.10. The molecule has 3 aromatic rings. The van der Waals surface area contributed by atoms with Crippen LogP contribution in [0.4, 0.5) is 0 Å². The summed E-state index contributed by atoms with van der Waals surface area (Å²) >= 11 is 0. The van der Waals surface area contributed by atoms with Crippen molar-refractivity contribution in [2.75, 3.05) is 20.3 Å². The Labute approximate surface area is 179 Å². The number of carbonyl (C=O) groups excluding carboxylic acids is 3. The van der Waals surface area contributed by atoms with Crippen molar-refractivity contribution in [3.05, 3.63) is 60.2 Å². The van der Waals surface area contributed by atoms with E-state index < -0.39 is 11.9 Å². The van der Waals surface area contributed by atoms with E-state index in [2.05, 4.69) is 0 Å². The molecule has 0 bridgehead atoms. The highest BCUT2D eigenvalue weighted by atomic mass is 16.6. The van der Waals surface area contributed by atoms with Crippen LogP contribution in [0, 0.1) is 0 Å². The fourth-order valence-electron chi connectivity index (χ4n) is 3.23. The summed E-state index contributed by atoms with van der Waals surface area (Å²) in [5.41, 5.74) is 1.70. The minimum absolute atomic E-state index is 0.159. The molecule has 0 unspecified atom stereocenters. The van der Waals surface area contributed by atoms with Gasteiger partial charge in [-0.15, -0.1) is 0 Å². The van der Waals surface area contributed by atoms with Gasteiger partial charge >= 0.3 is 17.9 Å². The van der Waals surface area contributed by atoms with Crippen molar-refractivity contribution in [2.24, 2.45) is 0 Å². The predicted octanol–water partition coefficient (Wildman–Crippen LogP) is 4.16. The number of rotatable bonds is 7. The Morgan fingerprint density at radius 2 is 1.52 bits per heavy atom. The van der Waals surface area contributed by atoms with E-state index in [1.807, 2.05) is 36.4 Å². The number of ether oxygens (including phenoxy) is 4. The molecule has 0 spiro atoms. The topological polar surface area (TPSA) is 88.1 Å². The van der Waals surface area contributed by atoms with Crippen molar-refractivity contribution in [2.45, 2.75) is 13.8 Å². The van der Waals surface area contributed by atoms with Crippen molar-refractivity contribution >= 4 is 28.7 Å². The molecule has 0 heterocycles. The molecule has 0 amide bonds. The maximum absolute atomic E-state index is 12.6. The van der Waals surface area contributed by atoms with Crippen LogP contribution in [-0.4, -0.2) is 38.2 Å². The Hall–Kier alpha value is -3.87. The third-order valence-corrected chi connectivity index (χ3v) is 4.47. The second-order valence-electron chi connectivity index (χ2n) is 6.64. The molecule has 31 heavy (non-hydrogen) atoms. The lowest BCUT2D eigenvalue weighted by atomic mass is 9.92. The fraction of sp³-hybridized carbons (Fsp3) is 0.208. The van der Waals surface area contributed by atoms with E-state index in [1.165, 1.54) is 27.0 Å². The summed E-state index contributed by atoms with van der Waals surface area (Å²) in [5.74, 6) is -0.507. The van der Waals surface area contributed by atoms with Gasteiger partial charge in [-0.3, -0.25) is 9.59 Å². The third kappa shape index (κ3) is 5.19. The van der Waals surface area contributed by atoms with Crippen LogP contribution in [-0.2, 0) is 19.1 Å². The van der Waals surface area contributed by atoms with Crippen molar-refractivity contribution < 1.29 is 33.3 Å². The van der Waals surface area contributed by atoms with Crippen LogP contribution in [0.25, 0.3) is 21.9 Å². The summed E-state index contributed by atoms with van der Waals surface area (Å²) in [6.07, 6.45) is 0. The van der Waals surface area contributed by atoms with Gasteiger partial charge in [0.15, 0.2) is 0 Å². The molecule has 0 aliphatic heterocycles. The molecule has 7 heteroatoms. The lowest BCUT2D eigenvalue weighted by molar-refractivity contribution is -0.141. The molecule has 3 rings (SSSR count). The summed E-state index contributed by atoms with van der Waals surface area (Å²) in [4.78, 5) is 34.9. The Kier molecular flexibility index (Phi) is 6.87. The molecule has 0 saturated carbocycles. The van der Waals surface area contributed by atoms with E-state index in [9.17, 15) is 14.4 Å². The quantitative estimate of drug-likeness (QED) is 0.321. The first-order chi connectivity index (χ1) is 14.9. The Bertz CT molecular complexity index is 1120. The van der Waals surface area contributed by atoms with E-state index in [0.29, 0.717) is 16.7 Å². The highest BCUT2D eigenvalue weighted by Crippen LogP contribution is 2.38. The van der Waals surface area contributed by atoms with Gasteiger partial charge in [0.05, 0.1) is 12.7 Å². The number of benzene rings is 3. The second-order valence-corrected chi connectivity index (χ2v) is 6.64. The number of carbonyl (C=O) groups is 3. The molecule has 0 aliphatic rings. The Morgan fingerprint density at radius 1 is 0.839 bits per heavy atom. The minimum Gasteiger partial charge on any atom is -0.490 e. The normalized spacial score (nSPS) is 10.4. The van der Waals surface area contributed by atoms with E-state index in [4.69, 9.17) is 18.9 Å². The average Bonchev–Trinajstić information content (AvgIpc) is 2.76. The lowest BCUT2D eigenvalue weighted by Gasteiger charge is -2.16. The van der Waals surface area contributed by atoms with Crippen LogP contribution in [0.3, 0.4) is 0 Å². The van der Waals surface area contributed by atoms with Crippen molar-refractivity contribution in [3.63, 3.8) is 0 Å². The van der Waals surface area contributed by atoms with Crippen LogP contribution in [0.15, 0.2) is 54.6 Å². The maximum Gasteiger partial charge on any atom is 0.338 e. The predicted molar refractivity (Wildman–Crippen MR) is 114 cm³/mol. The summed E-state index contributed by atoms with van der Waals surface area (Å²) in [6, 6.07) is 16.0. The van der Waals surface area contributed by atoms with Crippen LogP contribution in [0.2, 0.25) is 0 Å². The molecule has 160 valence electrons. The smallest absolute Gasteiger partial charge is 0.338 e. The van der Waals surface area contributed by atoms with Gasteiger partial charge in [-0.05, 0) is 29.1 Å². The lowest BCUT2D eigenvalue weighted by Crippen LogP contribution is -2.09. The van der Waals surface area contributed by atoms with E-state index >= 15 is 0 Å². The van der Waals surface area contributed by atoms with E-state index in [1.54, 1.807) is 12.1 Å². The maximum atomic E-state index is 12.6. The Morgan fingerprint density at radius 3 is 2.13 bits per heavy atom. The number of methoxy groups -OCH3 is 1. The van der Waals surface area contributed by atoms with E-state index in [0.717, 1.165) is 10.9 Å². The highest BCUT2D eigenvalue weighted by Gasteiger charge is 2.20.